The fourth-order valence-electron chi connectivity index (χ4n) is 6.25. The highest BCUT2D eigenvalue weighted by Gasteiger charge is 2.54. The van der Waals surface area contributed by atoms with Crippen molar-refractivity contribution >= 4 is 11.8 Å². The summed E-state index contributed by atoms with van der Waals surface area (Å²) in [6.07, 6.45) is -30.9. The first-order valence-corrected chi connectivity index (χ1v) is 16.1. The van der Waals surface area contributed by atoms with Crippen molar-refractivity contribution in [3.63, 3.8) is 0 Å². The number of carbonyl (C=O) groups excluding carboxylic acids is 2. The minimum atomic E-state index is -2.00. The maximum Gasteiger partial charge on any atom is 0.217 e. The van der Waals surface area contributed by atoms with Crippen LogP contribution in [-0.2, 0) is 42.7 Å². The molecule has 4 fully saturated rings. The molecule has 20 atom stereocenters. The molecule has 14 N–H and O–H groups in total. The van der Waals surface area contributed by atoms with Gasteiger partial charge in [0.15, 0.2) is 25.2 Å². The molecule has 4 rings (SSSR count). The van der Waals surface area contributed by atoms with E-state index in [9.17, 15) is 70.9 Å². The number of aliphatic hydroxyl groups excluding tert-OH is 12. The third-order valence-corrected chi connectivity index (χ3v) is 8.99. The Bertz CT molecular complexity index is 1140. The number of rotatable bonds is 12. The van der Waals surface area contributed by atoms with Crippen molar-refractivity contribution < 1.29 is 104 Å². The normalized spacial score (nSPS) is 47.8. The number of ether oxygens (including phenoxy) is 7. The molecular weight excluding hydrogens is 700 g/mol. The van der Waals surface area contributed by atoms with Crippen molar-refractivity contribution in [3.8, 4) is 0 Å². The van der Waals surface area contributed by atoms with E-state index in [-0.39, 0.29) is 0 Å². The Morgan fingerprint density at radius 1 is 0.510 bits per heavy atom. The molecule has 0 saturated carbocycles. The van der Waals surface area contributed by atoms with Gasteiger partial charge in [0.1, 0.15) is 97.5 Å². The molecule has 4 heterocycles. The van der Waals surface area contributed by atoms with Crippen molar-refractivity contribution in [3.05, 3.63) is 0 Å². The smallest absolute Gasteiger partial charge is 0.217 e. The van der Waals surface area contributed by atoms with Crippen molar-refractivity contribution in [1.82, 2.24) is 10.6 Å². The van der Waals surface area contributed by atoms with E-state index >= 15 is 0 Å². The molecular formula is C28H48N2O21. The predicted molar refractivity (Wildman–Crippen MR) is 157 cm³/mol. The van der Waals surface area contributed by atoms with Crippen LogP contribution in [0.15, 0.2) is 0 Å². The van der Waals surface area contributed by atoms with Gasteiger partial charge in [-0.05, 0) is 0 Å². The number of carbonyl (C=O) groups is 2. The molecule has 51 heavy (non-hydrogen) atoms. The zero-order valence-corrected chi connectivity index (χ0v) is 27.4. The minimum Gasteiger partial charge on any atom is -0.394 e. The van der Waals surface area contributed by atoms with Crippen LogP contribution in [0.25, 0.3) is 0 Å². The summed E-state index contributed by atoms with van der Waals surface area (Å²) in [4.78, 5) is 23.9. The van der Waals surface area contributed by atoms with Gasteiger partial charge in [-0.3, -0.25) is 9.59 Å². The predicted octanol–water partition coefficient (Wildman–Crippen LogP) is -9.46. The van der Waals surface area contributed by atoms with Gasteiger partial charge in [-0.2, -0.15) is 0 Å². The lowest BCUT2D eigenvalue weighted by atomic mass is 9.94. The molecule has 0 aromatic rings. The van der Waals surface area contributed by atoms with Crippen LogP contribution in [0.1, 0.15) is 13.8 Å². The van der Waals surface area contributed by atoms with Crippen molar-refractivity contribution in [2.45, 2.75) is 137 Å². The molecule has 23 nitrogen and oxygen atoms in total. The molecule has 2 amide bonds. The van der Waals surface area contributed by atoms with E-state index in [0.29, 0.717) is 0 Å². The summed E-state index contributed by atoms with van der Waals surface area (Å²) in [6.45, 7) is -0.998. The third-order valence-electron chi connectivity index (χ3n) is 8.99. The zero-order valence-electron chi connectivity index (χ0n) is 27.4. The maximum atomic E-state index is 12.2. The molecule has 0 aromatic heterocycles. The monoisotopic (exact) mass is 748 g/mol. The second kappa shape index (κ2) is 18.0. The number of amides is 2. The minimum absolute atomic E-state index is 0.656. The SMILES string of the molecule is CC(=O)N[C@@H]1[C@@H](O)[C@H](O[C@@H]2O[C@H](CO)[C@@H](O[C@H]3O[C@@H](CO[C@H]4O[C@H](CO)[C@@H](O)[C@H](O)[C@@H]4O)[C@@H](O)[C@H](O)[C@@H]3O)[C@H](O)[C@H]2NC(C)=O)[C@@H](CO)O[C@H]1O. The van der Waals surface area contributed by atoms with E-state index in [1.807, 2.05) is 0 Å². The Kier molecular flexibility index (Phi) is 14.8. The van der Waals surface area contributed by atoms with Crippen LogP contribution in [0.2, 0.25) is 0 Å². The topological polar surface area (TPSA) is 366 Å². The Morgan fingerprint density at radius 3 is 1.49 bits per heavy atom. The number of hydrogen-bond acceptors (Lipinski definition) is 21. The highest BCUT2D eigenvalue weighted by atomic mass is 16.8. The maximum absolute atomic E-state index is 12.2. The van der Waals surface area contributed by atoms with Gasteiger partial charge in [-0.15, -0.1) is 0 Å². The van der Waals surface area contributed by atoms with Gasteiger partial charge < -0.3 is 105 Å². The lowest BCUT2D eigenvalue weighted by molar-refractivity contribution is -0.365. The molecule has 0 spiro atoms. The molecule has 23 heteroatoms. The average Bonchev–Trinajstić information content (AvgIpc) is 3.09. The molecule has 4 aliphatic rings. The summed E-state index contributed by atoms with van der Waals surface area (Å²) < 4.78 is 38.9. The summed E-state index contributed by atoms with van der Waals surface area (Å²) >= 11 is 0. The summed E-state index contributed by atoms with van der Waals surface area (Å²) in [5.74, 6) is -1.39. The molecule has 0 aliphatic carbocycles. The van der Waals surface area contributed by atoms with E-state index in [4.69, 9.17) is 33.2 Å². The summed E-state index contributed by atoms with van der Waals surface area (Å²) in [7, 11) is 0. The van der Waals surface area contributed by atoms with Gasteiger partial charge >= 0.3 is 0 Å². The van der Waals surface area contributed by atoms with E-state index in [1.54, 1.807) is 0 Å². The van der Waals surface area contributed by atoms with Gasteiger partial charge in [-0.25, -0.2) is 0 Å². The van der Waals surface area contributed by atoms with E-state index in [1.165, 1.54) is 0 Å². The standard InChI is InChI=1S/C28H48N2O21/c1-7(34)29-13-17(38)23(10(4-32)46-25(13)44)50-26-14(30-8(2)35)18(39)24(11(5-33)48-26)51-28-22(43)20(41)16(37)12(49-28)6-45-27-21(42)19(40)15(36)9(3-31)47-27/h9-28,31-33,36-44H,3-6H2,1-2H3,(H,29,34)(H,30,35)/t9-,10-,11-,12+,13-,14-,15-,16-,17-,18-,19+,20+,21+,22+,23-,24-,25-,26+,27+,28-/m1/s1. The van der Waals surface area contributed by atoms with Crippen molar-refractivity contribution in [2.75, 3.05) is 26.4 Å². The summed E-state index contributed by atoms with van der Waals surface area (Å²) in [5, 5.41) is 129. The van der Waals surface area contributed by atoms with Crippen LogP contribution in [0.4, 0.5) is 0 Å². The van der Waals surface area contributed by atoms with Crippen LogP contribution in [-0.4, -0.2) is 222 Å². The second-order valence-electron chi connectivity index (χ2n) is 12.7. The molecule has 296 valence electrons. The quantitative estimate of drug-likeness (QED) is 0.0881. The fraction of sp³-hybridized carbons (Fsp3) is 0.929. The average molecular weight is 749 g/mol. The fourth-order valence-corrected chi connectivity index (χ4v) is 6.25. The molecule has 0 unspecified atom stereocenters. The molecule has 0 bridgehead atoms. The van der Waals surface area contributed by atoms with Gasteiger partial charge in [0.2, 0.25) is 11.8 Å². The summed E-state index contributed by atoms with van der Waals surface area (Å²) in [6, 6.07) is -3.02. The van der Waals surface area contributed by atoms with Gasteiger partial charge in [-0.1, -0.05) is 0 Å². The van der Waals surface area contributed by atoms with Crippen molar-refractivity contribution in [2.24, 2.45) is 0 Å². The lowest BCUT2D eigenvalue weighted by Crippen LogP contribution is -2.70. The highest BCUT2D eigenvalue weighted by molar-refractivity contribution is 5.73. The Morgan fingerprint density at radius 2 is 0.941 bits per heavy atom. The van der Waals surface area contributed by atoms with Crippen LogP contribution in [0, 0.1) is 0 Å². The Balaban J connectivity index is 1.50. The molecule has 0 radical (unpaired) electrons. The molecule has 4 aliphatic heterocycles. The number of hydrogen-bond donors (Lipinski definition) is 14. The van der Waals surface area contributed by atoms with Crippen LogP contribution in [0.3, 0.4) is 0 Å². The number of aliphatic hydroxyl groups is 12. The van der Waals surface area contributed by atoms with Gasteiger partial charge in [0.25, 0.3) is 0 Å². The highest BCUT2D eigenvalue weighted by Crippen LogP contribution is 2.33. The van der Waals surface area contributed by atoms with E-state index < -0.39 is 161 Å². The zero-order chi connectivity index (χ0) is 37.9. The first-order valence-electron chi connectivity index (χ1n) is 16.1. The molecule has 0 aromatic carbocycles. The Hall–Kier alpha value is -1.82. The van der Waals surface area contributed by atoms with Gasteiger partial charge in [0, 0.05) is 13.8 Å². The summed E-state index contributed by atoms with van der Waals surface area (Å²) in [5.41, 5.74) is 0. The van der Waals surface area contributed by atoms with Gasteiger partial charge in [0.05, 0.1) is 26.4 Å². The first-order chi connectivity index (χ1) is 24.0. The Labute approximate surface area is 289 Å². The third kappa shape index (κ3) is 9.29. The van der Waals surface area contributed by atoms with E-state index in [2.05, 4.69) is 10.6 Å². The second-order valence-corrected chi connectivity index (χ2v) is 12.7. The largest absolute Gasteiger partial charge is 0.394 e. The number of nitrogens with one attached hydrogen (secondary N) is 2. The lowest BCUT2D eigenvalue weighted by Gasteiger charge is -2.49. The van der Waals surface area contributed by atoms with Crippen LogP contribution in [0.5, 0.6) is 0 Å². The van der Waals surface area contributed by atoms with Crippen LogP contribution >= 0.6 is 0 Å². The molecule has 4 saturated heterocycles. The van der Waals surface area contributed by atoms with Crippen molar-refractivity contribution in [1.29, 1.82) is 0 Å². The van der Waals surface area contributed by atoms with E-state index in [0.717, 1.165) is 13.8 Å². The first kappa shape index (κ1) is 41.9. The van der Waals surface area contributed by atoms with Crippen LogP contribution < -0.4 is 10.6 Å².